The Bertz CT molecular complexity index is 516. The van der Waals surface area contributed by atoms with Gasteiger partial charge in [0.1, 0.15) is 6.04 Å². The number of benzene rings is 1. The van der Waals surface area contributed by atoms with E-state index in [0.717, 1.165) is 12.0 Å². The van der Waals surface area contributed by atoms with Gasteiger partial charge in [-0.25, -0.2) is 4.79 Å². The van der Waals surface area contributed by atoms with Crippen molar-refractivity contribution in [2.75, 3.05) is 13.2 Å². The van der Waals surface area contributed by atoms with Crippen LogP contribution in [0.15, 0.2) is 30.3 Å². The number of amides is 2. The lowest BCUT2D eigenvalue weighted by Crippen LogP contribution is -2.37. The largest absolute Gasteiger partial charge is 0.454 e. The summed E-state index contributed by atoms with van der Waals surface area (Å²) in [5.74, 6) is -1.06. The molecule has 1 aromatic rings. The van der Waals surface area contributed by atoms with Gasteiger partial charge >= 0.3 is 5.97 Å². The molecule has 2 rings (SSSR count). The highest BCUT2D eigenvalue weighted by Crippen LogP contribution is 2.07. The second kappa shape index (κ2) is 7.42. The molecule has 1 aromatic carbocycles. The van der Waals surface area contributed by atoms with Gasteiger partial charge in [0.05, 0.1) is 0 Å². The second-order valence-corrected chi connectivity index (χ2v) is 4.85. The first-order chi connectivity index (χ1) is 10.1. The SMILES string of the molecule is O=C(COC(=O)[C@@H]1CCC(=O)N1)NCCc1ccccc1. The van der Waals surface area contributed by atoms with Gasteiger partial charge in [0.15, 0.2) is 6.61 Å². The maximum atomic E-state index is 11.6. The van der Waals surface area contributed by atoms with Crippen LogP contribution in [0.5, 0.6) is 0 Å². The van der Waals surface area contributed by atoms with Crippen molar-refractivity contribution < 1.29 is 19.1 Å². The van der Waals surface area contributed by atoms with Crippen LogP contribution in [0.3, 0.4) is 0 Å². The number of hydrogen-bond acceptors (Lipinski definition) is 4. The molecule has 0 radical (unpaired) electrons. The lowest BCUT2D eigenvalue weighted by Gasteiger charge is -2.10. The molecular weight excluding hydrogens is 272 g/mol. The van der Waals surface area contributed by atoms with Crippen LogP contribution in [0.2, 0.25) is 0 Å². The third-order valence-corrected chi connectivity index (χ3v) is 3.20. The zero-order valence-corrected chi connectivity index (χ0v) is 11.6. The first-order valence-corrected chi connectivity index (χ1v) is 6.92. The number of nitrogens with one attached hydrogen (secondary N) is 2. The molecule has 1 saturated heterocycles. The summed E-state index contributed by atoms with van der Waals surface area (Å²) in [6, 6.07) is 9.16. The minimum absolute atomic E-state index is 0.163. The highest BCUT2D eigenvalue weighted by Gasteiger charge is 2.28. The summed E-state index contributed by atoms with van der Waals surface area (Å²) < 4.78 is 4.87. The summed E-state index contributed by atoms with van der Waals surface area (Å²) in [7, 11) is 0. The summed E-state index contributed by atoms with van der Waals surface area (Å²) in [5, 5.41) is 5.18. The Morgan fingerprint density at radius 2 is 2.05 bits per heavy atom. The average molecular weight is 290 g/mol. The highest BCUT2D eigenvalue weighted by atomic mass is 16.5. The Labute approximate surface area is 122 Å². The van der Waals surface area contributed by atoms with E-state index in [4.69, 9.17) is 4.74 Å². The Kier molecular flexibility index (Phi) is 5.31. The van der Waals surface area contributed by atoms with E-state index in [2.05, 4.69) is 10.6 Å². The Morgan fingerprint density at radius 3 is 2.71 bits per heavy atom. The van der Waals surface area contributed by atoms with E-state index >= 15 is 0 Å². The van der Waals surface area contributed by atoms with Gasteiger partial charge in [-0.3, -0.25) is 9.59 Å². The predicted molar refractivity (Wildman–Crippen MR) is 75.3 cm³/mol. The van der Waals surface area contributed by atoms with Crippen LogP contribution in [0.4, 0.5) is 0 Å². The number of carbonyl (C=O) groups is 3. The van der Waals surface area contributed by atoms with Crippen molar-refractivity contribution in [3.8, 4) is 0 Å². The van der Waals surface area contributed by atoms with Gasteiger partial charge in [0.25, 0.3) is 5.91 Å². The lowest BCUT2D eigenvalue weighted by atomic mass is 10.1. The van der Waals surface area contributed by atoms with E-state index in [9.17, 15) is 14.4 Å². The third kappa shape index (κ3) is 4.91. The number of carbonyl (C=O) groups excluding carboxylic acids is 3. The monoisotopic (exact) mass is 290 g/mol. The molecule has 1 aliphatic heterocycles. The average Bonchev–Trinajstić information content (AvgIpc) is 2.92. The number of esters is 1. The fraction of sp³-hybridized carbons (Fsp3) is 0.400. The lowest BCUT2D eigenvalue weighted by molar-refractivity contribution is -0.150. The first-order valence-electron chi connectivity index (χ1n) is 6.92. The summed E-state index contributed by atoms with van der Waals surface area (Å²) in [5.41, 5.74) is 1.13. The van der Waals surface area contributed by atoms with Crippen LogP contribution in [-0.2, 0) is 25.5 Å². The smallest absolute Gasteiger partial charge is 0.329 e. The predicted octanol–water partition coefficient (Wildman–Crippen LogP) is 0.167. The van der Waals surface area contributed by atoms with Crippen LogP contribution >= 0.6 is 0 Å². The highest BCUT2D eigenvalue weighted by molar-refractivity contribution is 5.89. The number of ether oxygens (including phenoxy) is 1. The third-order valence-electron chi connectivity index (χ3n) is 3.20. The molecule has 1 atom stereocenters. The quantitative estimate of drug-likeness (QED) is 0.731. The van der Waals surface area contributed by atoms with Gasteiger partial charge in [0, 0.05) is 13.0 Å². The zero-order valence-electron chi connectivity index (χ0n) is 11.6. The van der Waals surface area contributed by atoms with Gasteiger partial charge in [-0.1, -0.05) is 30.3 Å². The molecule has 6 heteroatoms. The van der Waals surface area contributed by atoms with Gasteiger partial charge in [-0.05, 0) is 18.4 Å². The minimum Gasteiger partial charge on any atom is -0.454 e. The van der Waals surface area contributed by atoms with Crippen molar-refractivity contribution in [3.63, 3.8) is 0 Å². The van der Waals surface area contributed by atoms with Gasteiger partial charge in [0.2, 0.25) is 5.91 Å². The van der Waals surface area contributed by atoms with Gasteiger partial charge in [-0.2, -0.15) is 0 Å². The molecule has 1 heterocycles. The normalized spacial score (nSPS) is 17.1. The molecule has 0 aromatic heterocycles. The fourth-order valence-electron chi connectivity index (χ4n) is 2.07. The number of hydrogen-bond donors (Lipinski definition) is 2. The molecule has 2 N–H and O–H groups in total. The summed E-state index contributed by atoms with van der Waals surface area (Å²) in [6.07, 6.45) is 1.47. The molecule has 0 saturated carbocycles. The van der Waals surface area contributed by atoms with E-state index in [-0.39, 0.29) is 18.4 Å². The number of rotatable bonds is 6. The van der Waals surface area contributed by atoms with E-state index < -0.39 is 12.0 Å². The van der Waals surface area contributed by atoms with Gasteiger partial charge in [-0.15, -0.1) is 0 Å². The maximum absolute atomic E-state index is 11.6. The van der Waals surface area contributed by atoms with Crippen molar-refractivity contribution in [3.05, 3.63) is 35.9 Å². The van der Waals surface area contributed by atoms with Crippen molar-refractivity contribution in [2.45, 2.75) is 25.3 Å². The minimum atomic E-state index is -0.616. The standard InChI is InChI=1S/C15H18N2O4/c18-13-7-6-12(17-13)15(20)21-10-14(19)16-9-8-11-4-2-1-3-5-11/h1-5,12H,6-10H2,(H,16,19)(H,17,18)/t12-/m0/s1. The maximum Gasteiger partial charge on any atom is 0.329 e. The molecule has 2 amide bonds. The van der Waals surface area contributed by atoms with Gasteiger partial charge < -0.3 is 15.4 Å². The van der Waals surface area contributed by atoms with Crippen LogP contribution < -0.4 is 10.6 Å². The van der Waals surface area contributed by atoms with Crippen LogP contribution in [-0.4, -0.2) is 37.0 Å². The van der Waals surface area contributed by atoms with E-state index in [1.54, 1.807) is 0 Å². The molecule has 0 unspecified atom stereocenters. The molecule has 1 fully saturated rings. The van der Waals surface area contributed by atoms with E-state index in [1.807, 2.05) is 30.3 Å². The van der Waals surface area contributed by atoms with Crippen LogP contribution in [0.1, 0.15) is 18.4 Å². The topological polar surface area (TPSA) is 84.5 Å². The summed E-state index contributed by atoms with van der Waals surface area (Å²) in [4.78, 5) is 34.1. The van der Waals surface area contributed by atoms with E-state index in [0.29, 0.717) is 19.4 Å². The summed E-state index contributed by atoms with van der Waals surface area (Å²) >= 11 is 0. The Hall–Kier alpha value is -2.37. The molecule has 1 aliphatic rings. The molecule has 112 valence electrons. The van der Waals surface area contributed by atoms with Crippen molar-refractivity contribution in [1.29, 1.82) is 0 Å². The van der Waals surface area contributed by atoms with Crippen molar-refractivity contribution in [2.24, 2.45) is 0 Å². The Morgan fingerprint density at radius 1 is 1.29 bits per heavy atom. The van der Waals surface area contributed by atoms with Crippen LogP contribution in [0, 0.1) is 0 Å². The molecule has 0 aliphatic carbocycles. The fourth-order valence-corrected chi connectivity index (χ4v) is 2.07. The second-order valence-electron chi connectivity index (χ2n) is 4.85. The van der Waals surface area contributed by atoms with Crippen LogP contribution in [0.25, 0.3) is 0 Å². The zero-order chi connectivity index (χ0) is 15.1. The van der Waals surface area contributed by atoms with Crippen molar-refractivity contribution >= 4 is 17.8 Å². The first kappa shape index (κ1) is 15.0. The van der Waals surface area contributed by atoms with Crippen molar-refractivity contribution in [1.82, 2.24) is 10.6 Å². The molecule has 6 nitrogen and oxygen atoms in total. The molecule has 21 heavy (non-hydrogen) atoms. The summed E-state index contributed by atoms with van der Waals surface area (Å²) in [6.45, 7) is 0.167. The molecular formula is C15H18N2O4. The molecule has 0 spiro atoms. The Balaban J connectivity index is 1.61. The van der Waals surface area contributed by atoms with E-state index in [1.165, 1.54) is 0 Å². The molecule has 0 bridgehead atoms.